The van der Waals surface area contributed by atoms with Gasteiger partial charge in [-0.15, -0.1) is 0 Å². The van der Waals surface area contributed by atoms with Crippen LogP contribution in [0.3, 0.4) is 0 Å². The molecule has 1 aliphatic rings. The Morgan fingerprint density at radius 3 is 2.84 bits per heavy atom. The van der Waals surface area contributed by atoms with Crippen molar-refractivity contribution < 1.29 is 4.79 Å². The summed E-state index contributed by atoms with van der Waals surface area (Å²) in [6, 6.07) is 3.24. The van der Waals surface area contributed by atoms with Gasteiger partial charge in [-0.1, -0.05) is 11.6 Å². The summed E-state index contributed by atoms with van der Waals surface area (Å²) in [4.78, 5) is 20.4. The van der Waals surface area contributed by atoms with Crippen LogP contribution in [0.25, 0.3) is 0 Å². The topological polar surface area (TPSA) is 48.5 Å². The quantitative estimate of drug-likeness (QED) is 0.827. The summed E-state index contributed by atoms with van der Waals surface area (Å²) in [5.74, 6) is -0.0987. The molecule has 6 heteroatoms. The van der Waals surface area contributed by atoms with E-state index in [9.17, 15) is 4.79 Å². The first-order valence-corrected chi connectivity index (χ1v) is 6.83. The Kier molecular flexibility index (Phi) is 5.13. The number of aromatic nitrogens is 1. The molecule has 0 saturated carbocycles. The molecule has 0 aromatic carbocycles. The van der Waals surface area contributed by atoms with E-state index in [2.05, 4.69) is 27.1 Å². The number of hydrogen-bond donors (Lipinski definition) is 1. The van der Waals surface area contributed by atoms with Crippen LogP contribution in [0.2, 0.25) is 5.15 Å². The lowest BCUT2D eigenvalue weighted by molar-refractivity contribution is 0.0941. The summed E-state index contributed by atoms with van der Waals surface area (Å²) in [7, 11) is 2.13. The molecule has 0 radical (unpaired) electrons. The zero-order chi connectivity index (χ0) is 13.7. The lowest BCUT2D eigenvalue weighted by Gasteiger charge is -2.32. The average Bonchev–Trinajstić information content (AvgIpc) is 2.41. The van der Waals surface area contributed by atoms with Gasteiger partial charge in [0, 0.05) is 51.0 Å². The van der Waals surface area contributed by atoms with Gasteiger partial charge in [-0.3, -0.25) is 9.69 Å². The largest absolute Gasteiger partial charge is 0.351 e. The van der Waals surface area contributed by atoms with Crippen molar-refractivity contribution in [2.75, 3.05) is 46.3 Å². The van der Waals surface area contributed by atoms with Crippen LogP contribution in [0.1, 0.15) is 10.4 Å². The van der Waals surface area contributed by atoms with E-state index in [1.165, 1.54) is 6.20 Å². The van der Waals surface area contributed by atoms with Crippen molar-refractivity contribution in [1.82, 2.24) is 20.1 Å². The Labute approximate surface area is 118 Å². The molecule has 0 bridgehead atoms. The summed E-state index contributed by atoms with van der Waals surface area (Å²) in [6.45, 7) is 5.85. The Balaban J connectivity index is 1.72. The van der Waals surface area contributed by atoms with Gasteiger partial charge in [0.2, 0.25) is 0 Å². The van der Waals surface area contributed by atoms with E-state index >= 15 is 0 Å². The standard InChI is InChI=1S/C13H19ClN4O/c1-17-6-8-18(9-7-17)5-4-16-13(19)11-2-3-15-12(14)10-11/h2-3,10H,4-9H2,1H3,(H,16,19). The number of piperazine rings is 1. The van der Waals surface area contributed by atoms with Crippen molar-refractivity contribution in [2.24, 2.45) is 0 Å². The highest BCUT2D eigenvalue weighted by atomic mass is 35.5. The van der Waals surface area contributed by atoms with Gasteiger partial charge in [0.05, 0.1) is 0 Å². The van der Waals surface area contributed by atoms with Crippen molar-refractivity contribution in [3.63, 3.8) is 0 Å². The number of carbonyl (C=O) groups is 1. The molecule has 1 aliphatic heterocycles. The third kappa shape index (κ3) is 4.45. The van der Waals surface area contributed by atoms with Gasteiger partial charge in [-0.2, -0.15) is 0 Å². The molecule has 2 heterocycles. The van der Waals surface area contributed by atoms with E-state index in [1.54, 1.807) is 12.1 Å². The zero-order valence-electron chi connectivity index (χ0n) is 11.1. The van der Waals surface area contributed by atoms with Crippen LogP contribution in [0.5, 0.6) is 0 Å². The fourth-order valence-corrected chi connectivity index (χ4v) is 2.22. The van der Waals surface area contributed by atoms with Crippen LogP contribution >= 0.6 is 11.6 Å². The summed E-state index contributed by atoms with van der Waals surface area (Å²) in [6.07, 6.45) is 1.54. The number of pyridine rings is 1. The number of rotatable bonds is 4. The maximum Gasteiger partial charge on any atom is 0.251 e. The predicted molar refractivity (Wildman–Crippen MR) is 75.5 cm³/mol. The van der Waals surface area contributed by atoms with Crippen LogP contribution < -0.4 is 5.32 Å². The van der Waals surface area contributed by atoms with Crippen molar-refractivity contribution in [3.8, 4) is 0 Å². The molecule has 1 saturated heterocycles. The summed E-state index contributed by atoms with van der Waals surface area (Å²) < 4.78 is 0. The molecule has 2 rings (SSSR count). The van der Waals surface area contributed by atoms with E-state index in [-0.39, 0.29) is 5.91 Å². The molecule has 0 atom stereocenters. The van der Waals surface area contributed by atoms with E-state index < -0.39 is 0 Å². The molecular formula is C13H19ClN4O. The van der Waals surface area contributed by atoms with Crippen molar-refractivity contribution in [2.45, 2.75) is 0 Å². The number of hydrogen-bond acceptors (Lipinski definition) is 4. The number of likely N-dealkylation sites (N-methyl/N-ethyl adjacent to an activating group) is 1. The molecule has 5 nitrogen and oxygen atoms in total. The molecule has 1 fully saturated rings. The van der Waals surface area contributed by atoms with Crippen LogP contribution in [0, 0.1) is 0 Å². The number of amides is 1. The van der Waals surface area contributed by atoms with Gasteiger partial charge in [-0.05, 0) is 19.2 Å². The van der Waals surface area contributed by atoms with Crippen LogP contribution in [0.4, 0.5) is 0 Å². The van der Waals surface area contributed by atoms with E-state index in [4.69, 9.17) is 11.6 Å². The van der Waals surface area contributed by atoms with Crippen LogP contribution in [-0.4, -0.2) is 67.0 Å². The van der Waals surface area contributed by atoms with Gasteiger partial charge < -0.3 is 10.2 Å². The molecule has 1 aromatic rings. The number of halogens is 1. The minimum atomic E-state index is -0.0987. The third-order valence-electron chi connectivity index (χ3n) is 3.30. The number of nitrogens with one attached hydrogen (secondary N) is 1. The Hall–Kier alpha value is -1.17. The van der Waals surface area contributed by atoms with Crippen molar-refractivity contribution >= 4 is 17.5 Å². The van der Waals surface area contributed by atoms with E-state index in [1.807, 2.05) is 0 Å². The first-order chi connectivity index (χ1) is 9.15. The molecule has 0 spiro atoms. The molecule has 0 unspecified atom stereocenters. The smallest absolute Gasteiger partial charge is 0.251 e. The van der Waals surface area contributed by atoms with Gasteiger partial charge in [0.25, 0.3) is 5.91 Å². The van der Waals surface area contributed by atoms with E-state index in [0.717, 1.165) is 32.7 Å². The van der Waals surface area contributed by atoms with Gasteiger partial charge in [0.15, 0.2) is 0 Å². The fourth-order valence-electron chi connectivity index (χ4n) is 2.04. The zero-order valence-corrected chi connectivity index (χ0v) is 11.9. The van der Waals surface area contributed by atoms with Gasteiger partial charge >= 0.3 is 0 Å². The average molecular weight is 283 g/mol. The van der Waals surface area contributed by atoms with Gasteiger partial charge in [-0.25, -0.2) is 4.98 Å². The number of carbonyl (C=O) groups excluding carboxylic acids is 1. The maximum atomic E-state index is 11.9. The molecule has 19 heavy (non-hydrogen) atoms. The summed E-state index contributed by atoms with van der Waals surface area (Å²) in [5.41, 5.74) is 0.554. The molecule has 1 aromatic heterocycles. The van der Waals surface area contributed by atoms with Crippen molar-refractivity contribution in [3.05, 3.63) is 29.0 Å². The highest BCUT2D eigenvalue weighted by Crippen LogP contribution is 2.06. The molecule has 104 valence electrons. The lowest BCUT2D eigenvalue weighted by Crippen LogP contribution is -2.46. The second-order valence-corrected chi connectivity index (χ2v) is 5.16. The SMILES string of the molecule is CN1CCN(CCNC(=O)c2ccnc(Cl)c2)CC1. The minimum absolute atomic E-state index is 0.0987. The highest BCUT2D eigenvalue weighted by molar-refractivity contribution is 6.29. The predicted octanol–water partition coefficient (Wildman–Crippen LogP) is 0.712. The van der Waals surface area contributed by atoms with Gasteiger partial charge in [0.1, 0.15) is 5.15 Å². The number of nitrogens with zero attached hydrogens (tertiary/aromatic N) is 3. The first kappa shape index (κ1) is 14.2. The highest BCUT2D eigenvalue weighted by Gasteiger charge is 2.13. The Morgan fingerprint density at radius 1 is 1.42 bits per heavy atom. The monoisotopic (exact) mass is 282 g/mol. The van der Waals surface area contributed by atoms with Crippen molar-refractivity contribution in [1.29, 1.82) is 0 Å². The van der Waals surface area contributed by atoms with Crippen LogP contribution in [-0.2, 0) is 0 Å². The first-order valence-electron chi connectivity index (χ1n) is 6.46. The normalized spacial score (nSPS) is 17.4. The van der Waals surface area contributed by atoms with Crippen LogP contribution in [0.15, 0.2) is 18.3 Å². The second kappa shape index (κ2) is 6.84. The summed E-state index contributed by atoms with van der Waals surface area (Å²) >= 11 is 5.75. The summed E-state index contributed by atoms with van der Waals surface area (Å²) in [5, 5.41) is 3.24. The Morgan fingerprint density at radius 2 is 2.16 bits per heavy atom. The second-order valence-electron chi connectivity index (χ2n) is 4.77. The minimum Gasteiger partial charge on any atom is -0.351 e. The van der Waals surface area contributed by atoms with E-state index in [0.29, 0.717) is 17.3 Å². The lowest BCUT2D eigenvalue weighted by atomic mass is 10.2. The fraction of sp³-hybridized carbons (Fsp3) is 0.538. The molecule has 1 N–H and O–H groups in total. The maximum absolute atomic E-state index is 11.9. The molecular weight excluding hydrogens is 264 g/mol. The Bertz CT molecular complexity index is 432. The molecule has 1 amide bonds. The third-order valence-corrected chi connectivity index (χ3v) is 3.50. The molecule has 0 aliphatic carbocycles.